The molecule has 0 aromatic heterocycles. The summed E-state index contributed by atoms with van der Waals surface area (Å²) in [5.74, 6) is 2.82. The first-order valence-corrected chi connectivity index (χ1v) is 12.8. The number of methoxy groups -OCH3 is 1. The van der Waals surface area contributed by atoms with Gasteiger partial charge in [0.1, 0.15) is 11.6 Å². The van der Waals surface area contributed by atoms with Gasteiger partial charge in [-0.2, -0.15) is 0 Å². The molecule has 1 radical (unpaired) electrons. The van der Waals surface area contributed by atoms with Crippen LogP contribution in [-0.2, 0) is 58.1 Å². The molecule has 3 unspecified atom stereocenters. The molecule has 1 heterocycles. The number of rotatable bonds is 2. The molecule has 0 aromatic carbocycles. The topological polar surface area (TPSA) is 98.8 Å². The molecule has 2 fully saturated rings. The van der Waals surface area contributed by atoms with Gasteiger partial charge in [0.25, 0.3) is 0 Å². The van der Waals surface area contributed by atoms with Crippen molar-refractivity contribution in [1.82, 2.24) is 9.99 Å². The van der Waals surface area contributed by atoms with Crippen LogP contribution in [0, 0.1) is 32.2 Å². The zero-order valence-corrected chi connectivity index (χ0v) is 29.2. The van der Waals surface area contributed by atoms with Crippen LogP contribution in [0.2, 0.25) is 0 Å². The molecular formula is C24H54N2O5PSY-3. The quantitative estimate of drug-likeness (QED) is 0.278. The minimum atomic E-state index is -1.86. The van der Waals surface area contributed by atoms with Gasteiger partial charge in [-0.1, -0.05) is 40.7 Å². The van der Waals surface area contributed by atoms with Crippen LogP contribution in [0.4, 0.5) is 0 Å². The standard InChI is InChI=1S/C11H22N2P.2C3H6O.C3H8.C2H6O.CH4O2S.CH3.Y/c1-10(2)8-7(6-12-14)9(8)11(3,4)13(10)5;2*1-3(2)4;2*1-3-2;1-4(2)3;;/h7-9,12H,5-6,14H2,1-4H3;2*1-2H3;3H2,1-2H3;1-2H3;1H3,(H,2,3);1H3;/q-1;;;;;;-1;/p-1/t7?,8-,9+;;;;;;;. The van der Waals surface area contributed by atoms with Crippen LogP contribution in [0.25, 0.3) is 0 Å². The number of likely N-dealkylation sites (tertiary alicyclic amines) is 1. The number of Topliss-reactive ketones (excluding diaryl/α,β-unsaturated/α-hetero) is 2. The van der Waals surface area contributed by atoms with Gasteiger partial charge in [0, 0.05) is 53.5 Å². The molecule has 5 atom stereocenters. The van der Waals surface area contributed by atoms with E-state index in [-0.39, 0.29) is 62.8 Å². The molecule has 1 saturated heterocycles. The third-order valence-electron chi connectivity index (χ3n) is 4.54. The summed E-state index contributed by atoms with van der Waals surface area (Å²) in [5, 5.41) is 3.23. The molecule has 34 heavy (non-hydrogen) atoms. The van der Waals surface area contributed by atoms with E-state index < -0.39 is 11.1 Å². The average Bonchev–Trinajstić information content (AvgIpc) is 3.27. The van der Waals surface area contributed by atoms with Crippen LogP contribution in [0.1, 0.15) is 75.7 Å². The summed E-state index contributed by atoms with van der Waals surface area (Å²) in [6.07, 6.45) is 2.33. The molecule has 2 aliphatic rings. The van der Waals surface area contributed by atoms with Gasteiger partial charge in [-0.25, -0.2) is 0 Å². The van der Waals surface area contributed by atoms with Crippen molar-refractivity contribution in [2.24, 2.45) is 17.8 Å². The molecule has 0 amide bonds. The number of hydrogen-bond acceptors (Lipinski definition) is 7. The average molecular weight is 603 g/mol. The number of nitrogens with one attached hydrogen (secondary N) is 1. The number of carbonyl (C=O) groups is 2. The van der Waals surface area contributed by atoms with Gasteiger partial charge in [-0.15, -0.1) is 0 Å². The number of nitrogens with zero attached hydrogens (tertiary/aromatic N) is 1. The van der Waals surface area contributed by atoms with Crippen LogP contribution in [0.3, 0.4) is 0 Å². The van der Waals surface area contributed by atoms with Crippen molar-refractivity contribution in [2.75, 3.05) is 27.0 Å². The smallest absolute Gasteiger partial charge is 0.126 e. The van der Waals surface area contributed by atoms with Crippen molar-refractivity contribution >= 4 is 32.0 Å². The molecule has 1 aliphatic carbocycles. The molecule has 10 heteroatoms. The van der Waals surface area contributed by atoms with Crippen LogP contribution in [0.15, 0.2) is 0 Å². The number of ketones is 2. The molecule has 2 rings (SSSR count). The van der Waals surface area contributed by atoms with E-state index in [1.54, 1.807) is 14.2 Å². The van der Waals surface area contributed by atoms with Crippen molar-refractivity contribution in [3.8, 4) is 0 Å². The maximum absolute atomic E-state index is 9.44. The summed E-state index contributed by atoms with van der Waals surface area (Å²) >= 11 is -1.86. The molecule has 0 bridgehead atoms. The predicted molar refractivity (Wildman–Crippen MR) is 146 cm³/mol. The number of carbonyl (C=O) groups excluding carboxylic acids is 2. The Morgan fingerprint density at radius 1 is 1.03 bits per heavy atom. The van der Waals surface area contributed by atoms with Crippen LogP contribution in [-0.4, -0.2) is 63.3 Å². The van der Waals surface area contributed by atoms with Crippen LogP contribution in [0.5, 0.6) is 0 Å². The van der Waals surface area contributed by atoms with Crippen LogP contribution < -0.4 is 5.09 Å². The molecule has 0 aromatic rings. The van der Waals surface area contributed by atoms with Gasteiger partial charge < -0.3 is 36.3 Å². The van der Waals surface area contributed by atoms with Gasteiger partial charge in [-0.3, -0.25) is 11.3 Å². The van der Waals surface area contributed by atoms with Gasteiger partial charge in [0.15, 0.2) is 0 Å². The first-order valence-electron chi connectivity index (χ1n) is 10.8. The second kappa shape index (κ2) is 25.5. The fourth-order valence-electron chi connectivity index (χ4n) is 3.79. The third-order valence-corrected chi connectivity index (χ3v) is 4.78. The summed E-state index contributed by atoms with van der Waals surface area (Å²) in [6.45, 7) is 20.8. The Kier molecular flexibility index (Phi) is 36.0. The minimum Gasteiger partial charge on any atom is -0.773 e. The van der Waals surface area contributed by atoms with E-state index in [9.17, 15) is 9.59 Å². The minimum absolute atomic E-state index is 0. The second-order valence-electron chi connectivity index (χ2n) is 9.19. The van der Waals surface area contributed by atoms with Gasteiger partial charge in [-0.05, 0) is 90.5 Å². The Balaban J connectivity index is -0.0000000825. The van der Waals surface area contributed by atoms with Crippen LogP contribution >= 0.6 is 9.39 Å². The number of ether oxygens (including phenoxy) is 1. The van der Waals surface area contributed by atoms with E-state index in [0.717, 1.165) is 30.6 Å². The SMILES string of the molecule is CC(C)=O.CC(C)=O.CCC.COC.CS(=O)[O-].[CH2-]N1C(C)(C)[C@@H]2C(CNP)[C@@H]2C1(C)C.[CH3-].[Y]. The molecular weight excluding hydrogens is 548 g/mol. The Morgan fingerprint density at radius 3 is 1.35 bits per heavy atom. The first kappa shape index (κ1) is 48.0. The van der Waals surface area contributed by atoms with E-state index in [4.69, 9.17) is 8.76 Å². The number of hydrogen-bond donors (Lipinski definition) is 1. The second-order valence-corrected chi connectivity index (χ2v) is 10.4. The maximum Gasteiger partial charge on any atom is 0.126 e. The Hall–Kier alpha value is 0.864. The Morgan fingerprint density at radius 2 is 1.21 bits per heavy atom. The monoisotopic (exact) mass is 602 g/mol. The molecule has 7 nitrogen and oxygen atoms in total. The van der Waals surface area contributed by atoms with E-state index in [1.807, 2.05) is 0 Å². The molecule has 1 N–H and O–H groups in total. The number of fused-ring (bicyclic) bond motifs is 1. The fraction of sp³-hybridized carbons (Fsp3) is 0.833. The van der Waals surface area contributed by atoms with Crippen molar-refractivity contribution in [3.05, 3.63) is 14.5 Å². The van der Waals surface area contributed by atoms with E-state index in [2.05, 4.69) is 72.7 Å². The van der Waals surface area contributed by atoms with Crippen molar-refractivity contribution < 1.29 is 55.8 Å². The van der Waals surface area contributed by atoms with E-state index >= 15 is 0 Å². The van der Waals surface area contributed by atoms with Crippen molar-refractivity contribution in [2.45, 2.75) is 86.7 Å². The van der Waals surface area contributed by atoms with Gasteiger partial charge >= 0.3 is 0 Å². The Bertz CT molecular complexity index is 473. The van der Waals surface area contributed by atoms with Crippen molar-refractivity contribution in [1.29, 1.82) is 0 Å². The van der Waals surface area contributed by atoms with E-state index in [1.165, 1.54) is 34.1 Å². The predicted octanol–water partition coefficient (Wildman–Crippen LogP) is 4.71. The third kappa shape index (κ3) is 23.3. The molecule has 1 saturated carbocycles. The summed E-state index contributed by atoms with van der Waals surface area (Å²) in [4.78, 5) is 21.2. The normalized spacial score (nSPS) is 22.4. The summed E-state index contributed by atoms with van der Waals surface area (Å²) in [6, 6.07) is 0. The maximum atomic E-state index is 9.44. The molecule has 207 valence electrons. The zero-order valence-electron chi connectivity index (χ0n) is 24.4. The van der Waals surface area contributed by atoms with Crippen molar-refractivity contribution in [3.63, 3.8) is 0 Å². The largest absolute Gasteiger partial charge is 0.773 e. The number of piperidine rings is 1. The fourth-order valence-corrected chi connectivity index (χ4v) is 4.07. The Labute approximate surface area is 242 Å². The van der Waals surface area contributed by atoms with E-state index in [0.29, 0.717) is 0 Å². The first-order chi connectivity index (χ1) is 14.4. The summed E-state index contributed by atoms with van der Waals surface area (Å²) in [7, 11) is 10.1. The molecule has 0 spiro atoms. The van der Waals surface area contributed by atoms with Gasteiger partial charge in [0.05, 0.1) is 0 Å². The summed E-state index contributed by atoms with van der Waals surface area (Å²) < 4.78 is 22.2. The zero-order chi connectivity index (χ0) is 26.9. The molecule has 1 aliphatic heterocycles. The summed E-state index contributed by atoms with van der Waals surface area (Å²) in [5.41, 5.74) is 0.528. The van der Waals surface area contributed by atoms with Gasteiger partial charge in [0.2, 0.25) is 0 Å².